The van der Waals surface area contributed by atoms with Crippen molar-refractivity contribution in [3.63, 3.8) is 0 Å². The highest BCUT2D eigenvalue weighted by atomic mass is 16.3. The Hall–Kier alpha value is -0.340. The van der Waals surface area contributed by atoms with Gasteiger partial charge in [0.1, 0.15) is 0 Å². The van der Waals surface area contributed by atoms with E-state index in [0.717, 1.165) is 6.42 Å². The molecule has 10 heavy (non-hydrogen) atoms. The zero-order chi connectivity index (χ0) is 7.35. The molecule has 0 radical (unpaired) electrons. The second-order valence-corrected chi connectivity index (χ2v) is 3.67. The Morgan fingerprint density at radius 3 is 2.50 bits per heavy atom. The average Bonchev–Trinajstić information content (AvgIpc) is 2.35. The minimum absolute atomic E-state index is 0.135. The van der Waals surface area contributed by atoms with Gasteiger partial charge in [-0.1, -0.05) is 19.1 Å². The number of aliphatic hydroxyl groups is 2. The van der Waals surface area contributed by atoms with Gasteiger partial charge in [0.15, 0.2) is 0 Å². The first-order valence-corrected chi connectivity index (χ1v) is 3.69. The first-order valence-electron chi connectivity index (χ1n) is 3.69. The molecular weight excluding hydrogens is 128 g/mol. The van der Waals surface area contributed by atoms with Gasteiger partial charge >= 0.3 is 0 Å². The molecule has 4 unspecified atom stereocenters. The molecular formula is C8H12O2. The molecule has 1 fully saturated rings. The van der Waals surface area contributed by atoms with Gasteiger partial charge in [0.2, 0.25) is 0 Å². The van der Waals surface area contributed by atoms with Crippen LogP contribution in [-0.2, 0) is 0 Å². The molecule has 0 aromatic rings. The first-order chi connectivity index (χ1) is 4.63. The van der Waals surface area contributed by atoms with Crippen molar-refractivity contribution < 1.29 is 10.2 Å². The van der Waals surface area contributed by atoms with Crippen molar-refractivity contribution in [2.45, 2.75) is 25.6 Å². The van der Waals surface area contributed by atoms with Gasteiger partial charge in [0.05, 0.1) is 12.2 Å². The third kappa shape index (κ3) is 0.559. The van der Waals surface area contributed by atoms with Gasteiger partial charge in [0.25, 0.3) is 0 Å². The Morgan fingerprint density at radius 1 is 1.50 bits per heavy atom. The lowest BCUT2D eigenvalue weighted by Gasteiger charge is -2.25. The molecule has 2 rings (SSSR count). The van der Waals surface area contributed by atoms with Gasteiger partial charge in [-0.2, -0.15) is 0 Å². The molecule has 0 spiro atoms. The van der Waals surface area contributed by atoms with Gasteiger partial charge in [-0.15, -0.1) is 0 Å². The maximum absolute atomic E-state index is 9.45. The van der Waals surface area contributed by atoms with Crippen LogP contribution in [-0.4, -0.2) is 22.4 Å². The molecule has 2 bridgehead atoms. The molecule has 1 saturated carbocycles. The normalized spacial score (nSPS) is 58.1. The lowest BCUT2D eigenvalue weighted by molar-refractivity contribution is -0.00983. The second-order valence-electron chi connectivity index (χ2n) is 3.67. The molecule has 0 aliphatic heterocycles. The van der Waals surface area contributed by atoms with Crippen molar-refractivity contribution in [2.24, 2.45) is 11.3 Å². The van der Waals surface area contributed by atoms with Gasteiger partial charge in [-0.05, 0) is 6.42 Å². The van der Waals surface area contributed by atoms with E-state index in [1.165, 1.54) is 0 Å². The summed E-state index contributed by atoms with van der Waals surface area (Å²) in [7, 11) is 0. The smallest absolute Gasteiger partial charge is 0.0892 e. The highest BCUT2D eigenvalue weighted by Gasteiger charge is 2.50. The Kier molecular flexibility index (Phi) is 1.04. The molecule has 0 aromatic carbocycles. The first kappa shape index (κ1) is 6.38. The van der Waals surface area contributed by atoms with Gasteiger partial charge in [-0.3, -0.25) is 0 Å². The largest absolute Gasteiger partial charge is 0.390 e. The summed E-state index contributed by atoms with van der Waals surface area (Å²) in [6, 6.07) is 0. The molecule has 2 heteroatoms. The lowest BCUT2D eigenvalue weighted by Crippen LogP contribution is -2.35. The van der Waals surface area contributed by atoms with E-state index in [2.05, 4.69) is 0 Å². The van der Waals surface area contributed by atoms with Crippen LogP contribution in [0.25, 0.3) is 0 Å². The molecule has 0 aromatic heterocycles. The standard InChI is InChI=1S/C8H12O2/c1-8-3-2-5(4-8)6(9)7(8)10/h2-3,5-7,9-10H,4H2,1H3. The highest BCUT2D eigenvalue weighted by Crippen LogP contribution is 2.48. The minimum Gasteiger partial charge on any atom is -0.390 e. The number of aliphatic hydroxyl groups excluding tert-OH is 2. The van der Waals surface area contributed by atoms with Gasteiger partial charge in [-0.25, -0.2) is 0 Å². The van der Waals surface area contributed by atoms with Crippen molar-refractivity contribution in [1.82, 2.24) is 0 Å². The van der Waals surface area contributed by atoms with E-state index in [-0.39, 0.29) is 11.3 Å². The minimum atomic E-state index is -0.539. The Balaban J connectivity index is 2.35. The quantitative estimate of drug-likeness (QED) is 0.475. The molecule has 2 nitrogen and oxygen atoms in total. The van der Waals surface area contributed by atoms with Crippen LogP contribution in [0.1, 0.15) is 13.3 Å². The van der Waals surface area contributed by atoms with Crippen LogP contribution in [0, 0.1) is 11.3 Å². The predicted octanol–water partition coefficient (Wildman–Crippen LogP) is 0.304. The molecule has 0 saturated heterocycles. The molecule has 0 heterocycles. The number of fused-ring (bicyclic) bond motifs is 2. The van der Waals surface area contributed by atoms with Crippen LogP contribution in [0.3, 0.4) is 0 Å². The second kappa shape index (κ2) is 1.63. The summed E-state index contributed by atoms with van der Waals surface area (Å²) in [5.41, 5.74) is -0.135. The van der Waals surface area contributed by atoms with E-state index in [1.807, 2.05) is 19.1 Å². The van der Waals surface area contributed by atoms with E-state index in [1.54, 1.807) is 0 Å². The maximum Gasteiger partial charge on any atom is 0.0892 e. The molecule has 4 atom stereocenters. The third-order valence-electron chi connectivity index (χ3n) is 2.84. The van der Waals surface area contributed by atoms with Gasteiger partial charge in [0, 0.05) is 11.3 Å². The Labute approximate surface area is 60.2 Å². The van der Waals surface area contributed by atoms with E-state index >= 15 is 0 Å². The lowest BCUT2D eigenvalue weighted by atomic mass is 9.87. The summed E-state index contributed by atoms with van der Waals surface area (Å²) in [4.78, 5) is 0. The van der Waals surface area contributed by atoms with Crippen molar-refractivity contribution in [3.05, 3.63) is 12.2 Å². The van der Waals surface area contributed by atoms with Crippen LogP contribution in [0.15, 0.2) is 12.2 Å². The van der Waals surface area contributed by atoms with E-state index in [0.29, 0.717) is 0 Å². The maximum atomic E-state index is 9.45. The van der Waals surface area contributed by atoms with Crippen LogP contribution in [0.4, 0.5) is 0 Å². The number of hydrogen-bond acceptors (Lipinski definition) is 2. The molecule has 2 N–H and O–H groups in total. The zero-order valence-corrected chi connectivity index (χ0v) is 5.99. The Bertz CT molecular complexity index is 188. The third-order valence-corrected chi connectivity index (χ3v) is 2.84. The van der Waals surface area contributed by atoms with Crippen molar-refractivity contribution >= 4 is 0 Å². The number of rotatable bonds is 0. The summed E-state index contributed by atoms with van der Waals surface area (Å²) in [5.74, 6) is 0.208. The Morgan fingerprint density at radius 2 is 2.20 bits per heavy atom. The van der Waals surface area contributed by atoms with Crippen molar-refractivity contribution in [1.29, 1.82) is 0 Å². The monoisotopic (exact) mass is 140 g/mol. The summed E-state index contributed by atoms with van der Waals surface area (Å²) < 4.78 is 0. The summed E-state index contributed by atoms with van der Waals surface area (Å²) >= 11 is 0. The summed E-state index contributed by atoms with van der Waals surface area (Å²) in [6.07, 6.45) is 3.89. The molecule has 0 amide bonds. The van der Waals surface area contributed by atoms with Crippen LogP contribution in [0.5, 0.6) is 0 Å². The fraction of sp³-hybridized carbons (Fsp3) is 0.750. The highest BCUT2D eigenvalue weighted by molar-refractivity contribution is 5.21. The molecule has 2 aliphatic rings. The topological polar surface area (TPSA) is 40.5 Å². The molecule has 2 aliphatic carbocycles. The zero-order valence-electron chi connectivity index (χ0n) is 5.99. The summed E-state index contributed by atoms with van der Waals surface area (Å²) in [6.45, 7) is 1.99. The van der Waals surface area contributed by atoms with Crippen molar-refractivity contribution in [3.8, 4) is 0 Å². The fourth-order valence-corrected chi connectivity index (χ4v) is 2.07. The van der Waals surface area contributed by atoms with Gasteiger partial charge < -0.3 is 10.2 Å². The van der Waals surface area contributed by atoms with E-state index in [9.17, 15) is 10.2 Å². The average molecular weight is 140 g/mol. The van der Waals surface area contributed by atoms with Crippen LogP contribution >= 0.6 is 0 Å². The predicted molar refractivity (Wildman–Crippen MR) is 37.4 cm³/mol. The fourth-order valence-electron chi connectivity index (χ4n) is 2.07. The van der Waals surface area contributed by atoms with Crippen LogP contribution in [0.2, 0.25) is 0 Å². The van der Waals surface area contributed by atoms with E-state index < -0.39 is 12.2 Å². The summed E-state index contributed by atoms with van der Waals surface area (Å²) in [5, 5.41) is 18.8. The number of hydrogen-bond donors (Lipinski definition) is 2. The molecule has 56 valence electrons. The van der Waals surface area contributed by atoms with Crippen LogP contribution < -0.4 is 0 Å². The van der Waals surface area contributed by atoms with E-state index in [4.69, 9.17) is 0 Å². The SMILES string of the molecule is CC12C=CC(C1)C(O)C2O. The van der Waals surface area contributed by atoms with Crippen molar-refractivity contribution in [2.75, 3.05) is 0 Å².